The second-order valence-corrected chi connectivity index (χ2v) is 3.49. The van der Waals surface area contributed by atoms with Crippen molar-refractivity contribution in [2.45, 2.75) is 0 Å². The van der Waals surface area contributed by atoms with E-state index < -0.39 is 4.92 Å². The van der Waals surface area contributed by atoms with Crippen LogP contribution in [-0.4, -0.2) is 19.7 Å². The molecule has 0 unspecified atom stereocenters. The van der Waals surface area contributed by atoms with Crippen LogP contribution in [0.1, 0.15) is 0 Å². The highest BCUT2D eigenvalue weighted by Crippen LogP contribution is 2.28. The summed E-state index contributed by atoms with van der Waals surface area (Å²) in [4.78, 5) is 14.3. The Morgan fingerprint density at radius 2 is 2.19 bits per heavy atom. The second-order valence-electron chi connectivity index (χ2n) is 3.10. The highest BCUT2D eigenvalue weighted by Gasteiger charge is 2.19. The molecule has 2 aromatic rings. The minimum absolute atomic E-state index is 0.0898. The molecule has 0 atom stereocenters. The molecule has 0 aromatic carbocycles. The summed E-state index contributed by atoms with van der Waals surface area (Å²) < 4.78 is 1.51. The fourth-order valence-corrected chi connectivity index (χ4v) is 1.52. The Balaban J connectivity index is 2.67. The smallest absolute Gasteiger partial charge is 0.266 e. The number of hydrogen-bond acceptors (Lipinski definition) is 4. The molecule has 82 valence electrons. The molecule has 0 bridgehead atoms. The molecule has 0 aliphatic heterocycles. The largest absolute Gasteiger partial charge is 0.297 e. The minimum atomic E-state index is -0.494. The first-order chi connectivity index (χ1) is 7.59. The molecule has 0 N–H and O–H groups in total. The molecule has 2 rings (SSSR count). The summed E-state index contributed by atoms with van der Waals surface area (Å²) in [5.41, 5.74) is 0.680. The second kappa shape index (κ2) is 3.90. The first-order valence-corrected chi connectivity index (χ1v) is 4.76. The zero-order valence-electron chi connectivity index (χ0n) is 8.29. The Morgan fingerprint density at radius 3 is 2.75 bits per heavy atom. The molecule has 2 aromatic heterocycles. The van der Waals surface area contributed by atoms with E-state index in [4.69, 9.17) is 11.6 Å². The number of nitro groups is 1. The van der Waals surface area contributed by atoms with Gasteiger partial charge in [0.1, 0.15) is 5.15 Å². The molecular weight excluding hydrogens is 232 g/mol. The molecule has 0 fully saturated rings. The standard InChI is InChI=1S/C9H7ClN4O2/c1-13-6(4-5-11-13)9-7(14(15)16)2-3-8(10)12-9/h2-5H,1H3. The van der Waals surface area contributed by atoms with E-state index in [0.717, 1.165) is 0 Å². The van der Waals surface area contributed by atoms with Crippen molar-refractivity contribution in [3.8, 4) is 11.4 Å². The Hall–Kier alpha value is -1.95. The fraction of sp³-hybridized carbons (Fsp3) is 0.111. The van der Waals surface area contributed by atoms with Crippen LogP contribution in [0.25, 0.3) is 11.4 Å². The van der Waals surface area contributed by atoms with Crippen LogP contribution in [0.15, 0.2) is 24.4 Å². The van der Waals surface area contributed by atoms with E-state index >= 15 is 0 Å². The number of hydrogen-bond donors (Lipinski definition) is 0. The minimum Gasteiger partial charge on any atom is -0.266 e. The van der Waals surface area contributed by atoms with Crippen LogP contribution < -0.4 is 0 Å². The first-order valence-electron chi connectivity index (χ1n) is 4.39. The third-order valence-electron chi connectivity index (χ3n) is 2.10. The predicted octanol–water partition coefficient (Wildman–Crippen LogP) is 2.04. The van der Waals surface area contributed by atoms with Gasteiger partial charge in [0.25, 0.3) is 5.69 Å². The zero-order chi connectivity index (χ0) is 11.7. The molecule has 0 aliphatic rings. The lowest BCUT2D eigenvalue weighted by atomic mass is 10.2. The van der Waals surface area contributed by atoms with E-state index in [1.165, 1.54) is 16.8 Å². The van der Waals surface area contributed by atoms with Gasteiger partial charge in [0.2, 0.25) is 0 Å². The zero-order valence-corrected chi connectivity index (χ0v) is 9.05. The Kier molecular flexibility index (Phi) is 2.57. The average Bonchev–Trinajstić information content (AvgIpc) is 2.63. The van der Waals surface area contributed by atoms with Crippen molar-refractivity contribution >= 4 is 17.3 Å². The Morgan fingerprint density at radius 1 is 1.44 bits per heavy atom. The normalized spacial score (nSPS) is 10.4. The van der Waals surface area contributed by atoms with Gasteiger partial charge in [-0.1, -0.05) is 11.6 Å². The van der Waals surface area contributed by atoms with Gasteiger partial charge in [0, 0.05) is 19.3 Å². The molecule has 2 heterocycles. The van der Waals surface area contributed by atoms with Crippen molar-refractivity contribution in [1.29, 1.82) is 0 Å². The van der Waals surface area contributed by atoms with Gasteiger partial charge in [0.05, 0.1) is 10.6 Å². The quantitative estimate of drug-likeness (QED) is 0.456. The van der Waals surface area contributed by atoms with Crippen molar-refractivity contribution < 1.29 is 4.92 Å². The third-order valence-corrected chi connectivity index (χ3v) is 2.31. The topological polar surface area (TPSA) is 73.8 Å². The van der Waals surface area contributed by atoms with Crippen LogP contribution >= 0.6 is 11.6 Å². The maximum atomic E-state index is 10.8. The van der Waals surface area contributed by atoms with E-state index in [1.807, 2.05) is 0 Å². The van der Waals surface area contributed by atoms with Gasteiger partial charge in [-0.15, -0.1) is 0 Å². The number of aryl methyl sites for hydroxylation is 1. The fourth-order valence-electron chi connectivity index (χ4n) is 1.37. The number of pyridine rings is 1. The highest BCUT2D eigenvalue weighted by atomic mass is 35.5. The molecule has 6 nitrogen and oxygen atoms in total. The Bertz CT molecular complexity index is 552. The number of rotatable bonds is 2. The number of aromatic nitrogens is 3. The van der Waals surface area contributed by atoms with Crippen LogP contribution in [0, 0.1) is 10.1 Å². The summed E-state index contributed by atoms with van der Waals surface area (Å²) in [5, 5.41) is 15.0. The number of nitrogens with zero attached hydrogens (tertiary/aromatic N) is 4. The van der Waals surface area contributed by atoms with Crippen LogP contribution in [0.2, 0.25) is 5.15 Å². The van der Waals surface area contributed by atoms with Crippen molar-refractivity contribution in [3.63, 3.8) is 0 Å². The van der Waals surface area contributed by atoms with Gasteiger partial charge in [0.15, 0.2) is 5.69 Å². The summed E-state index contributed by atoms with van der Waals surface area (Å²) in [6, 6.07) is 4.36. The van der Waals surface area contributed by atoms with Gasteiger partial charge in [-0.25, -0.2) is 4.98 Å². The summed E-state index contributed by atoms with van der Waals surface area (Å²) in [6.07, 6.45) is 1.54. The van der Waals surface area contributed by atoms with E-state index in [2.05, 4.69) is 10.1 Å². The average molecular weight is 239 g/mol. The van der Waals surface area contributed by atoms with Crippen molar-refractivity contribution in [2.24, 2.45) is 7.05 Å². The molecule has 0 aliphatic carbocycles. The van der Waals surface area contributed by atoms with Crippen LogP contribution in [-0.2, 0) is 7.05 Å². The monoisotopic (exact) mass is 238 g/mol. The van der Waals surface area contributed by atoms with Gasteiger partial charge in [-0.3, -0.25) is 14.8 Å². The van der Waals surface area contributed by atoms with Crippen LogP contribution in [0.5, 0.6) is 0 Å². The van der Waals surface area contributed by atoms with E-state index in [1.54, 1.807) is 19.3 Å². The molecule has 0 radical (unpaired) electrons. The lowest BCUT2D eigenvalue weighted by Crippen LogP contribution is -1.99. The Labute approximate surface area is 95.6 Å². The van der Waals surface area contributed by atoms with E-state index in [9.17, 15) is 10.1 Å². The molecule has 0 spiro atoms. The molecule has 7 heteroatoms. The van der Waals surface area contributed by atoms with Crippen LogP contribution in [0.3, 0.4) is 0 Å². The maximum Gasteiger partial charge on any atom is 0.297 e. The number of halogens is 1. The summed E-state index contributed by atoms with van der Waals surface area (Å²) in [7, 11) is 1.68. The van der Waals surface area contributed by atoms with Crippen molar-refractivity contribution in [1.82, 2.24) is 14.8 Å². The maximum absolute atomic E-state index is 10.8. The lowest BCUT2D eigenvalue weighted by Gasteiger charge is -2.02. The molecule has 0 saturated heterocycles. The van der Waals surface area contributed by atoms with Crippen LogP contribution in [0.4, 0.5) is 5.69 Å². The van der Waals surface area contributed by atoms with E-state index in [0.29, 0.717) is 5.69 Å². The van der Waals surface area contributed by atoms with E-state index in [-0.39, 0.29) is 16.5 Å². The first kappa shape index (κ1) is 10.6. The van der Waals surface area contributed by atoms with Gasteiger partial charge >= 0.3 is 0 Å². The van der Waals surface area contributed by atoms with Crippen molar-refractivity contribution in [3.05, 3.63) is 39.7 Å². The van der Waals surface area contributed by atoms with Gasteiger partial charge < -0.3 is 0 Å². The molecule has 0 saturated carbocycles. The summed E-state index contributed by atoms with van der Waals surface area (Å²) >= 11 is 5.73. The third kappa shape index (κ3) is 1.74. The molecule has 16 heavy (non-hydrogen) atoms. The molecular formula is C9H7ClN4O2. The SMILES string of the molecule is Cn1nccc1-c1nc(Cl)ccc1[N+](=O)[O-]. The van der Waals surface area contributed by atoms with Crippen molar-refractivity contribution in [2.75, 3.05) is 0 Å². The lowest BCUT2D eigenvalue weighted by molar-refractivity contribution is -0.384. The summed E-state index contributed by atoms with van der Waals surface area (Å²) in [6.45, 7) is 0. The van der Waals surface area contributed by atoms with Gasteiger partial charge in [-0.05, 0) is 12.1 Å². The highest BCUT2D eigenvalue weighted by molar-refractivity contribution is 6.29. The van der Waals surface area contributed by atoms with Gasteiger partial charge in [-0.2, -0.15) is 5.10 Å². The molecule has 0 amide bonds. The predicted molar refractivity (Wildman–Crippen MR) is 58.1 cm³/mol. The summed E-state index contributed by atoms with van der Waals surface area (Å²) in [5.74, 6) is 0.